The van der Waals surface area contributed by atoms with E-state index in [1.807, 2.05) is 6.92 Å². The summed E-state index contributed by atoms with van der Waals surface area (Å²) in [5.74, 6) is -1.22. The summed E-state index contributed by atoms with van der Waals surface area (Å²) in [7, 11) is 0. The number of hydrogen-bond acceptors (Lipinski definition) is 3. The van der Waals surface area contributed by atoms with Gasteiger partial charge in [0.15, 0.2) is 5.11 Å². The molecule has 0 aliphatic carbocycles. The van der Waals surface area contributed by atoms with Gasteiger partial charge in [-0.15, -0.1) is 0 Å². The number of hydrogen-bond donors (Lipinski definition) is 4. The predicted octanol–water partition coefficient (Wildman–Crippen LogP) is -0.446. The summed E-state index contributed by atoms with van der Waals surface area (Å²) in [5.41, 5.74) is 0. The first kappa shape index (κ1) is 13.1. The van der Waals surface area contributed by atoms with Crippen molar-refractivity contribution in [2.75, 3.05) is 19.7 Å². The molecule has 0 aromatic carbocycles. The largest absolute Gasteiger partial charge is 0.481 e. The van der Waals surface area contributed by atoms with E-state index in [0.29, 0.717) is 18.2 Å². The number of carbonyl (C=O) groups is 1. The summed E-state index contributed by atoms with van der Waals surface area (Å²) in [6.07, 6.45) is -0.0573. The zero-order valence-corrected chi connectivity index (χ0v) is 8.93. The first-order chi connectivity index (χ1) is 6.60. The maximum atomic E-state index is 10.4. The Hall–Kier alpha value is -0.880. The van der Waals surface area contributed by atoms with E-state index in [4.69, 9.17) is 22.4 Å². The van der Waals surface area contributed by atoms with Crippen molar-refractivity contribution in [3.63, 3.8) is 0 Å². The number of rotatable bonds is 6. The van der Waals surface area contributed by atoms with Crippen LogP contribution in [0, 0.1) is 5.92 Å². The lowest BCUT2D eigenvalue weighted by Crippen LogP contribution is -2.39. The summed E-state index contributed by atoms with van der Waals surface area (Å²) in [6, 6.07) is 0. The molecule has 0 amide bonds. The maximum Gasteiger partial charge on any atom is 0.303 e. The number of aliphatic carboxylic acids is 1. The summed E-state index contributed by atoms with van der Waals surface area (Å²) < 4.78 is 0. The highest BCUT2D eigenvalue weighted by Gasteiger charge is 2.11. The van der Waals surface area contributed by atoms with E-state index in [0.717, 1.165) is 0 Å². The van der Waals surface area contributed by atoms with E-state index in [1.165, 1.54) is 0 Å². The average molecular weight is 220 g/mol. The second-order valence-corrected chi connectivity index (χ2v) is 3.30. The normalized spacial score (nSPS) is 11.9. The van der Waals surface area contributed by atoms with E-state index in [-0.39, 0.29) is 18.9 Å². The third-order valence-corrected chi connectivity index (χ3v) is 1.90. The number of carboxylic acid groups (broad SMARTS) is 1. The van der Waals surface area contributed by atoms with Crippen LogP contribution in [-0.2, 0) is 4.79 Å². The Morgan fingerprint density at radius 1 is 1.50 bits per heavy atom. The van der Waals surface area contributed by atoms with E-state index in [1.54, 1.807) is 0 Å². The molecular formula is C8H16N2O3S. The van der Waals surface area contributed by atoms with E-state index in [9.17, 15) is 4.79 Å². The van der Waals surface area contributed by atoms with Crippen LogP contribution in [-0.4, -0.2) is 41.0 Å². The van der Waals surface area contributed by atoms with Crippen molar-refractivity contribution in [3.8, 4) is 0 Å². The van der Waals surface area contributed by atoms with Crippen molar-refractivity contribution < 1.29 is 15.0 Å². The highest BCUT2D eigenvalue weighted by Crippen LogP contribution is 1.99. The lowest BCUT2D eigenvalue weighted by Gasteiger charge is -2.14. The van der Waals surface area contributed by atoms with Gasteiger partial charge in [0.05, 0.1) is 6.42 Å². The smallest absolute Gasteiger partial charge is 0.303 e. The molecule has 0 saturated heterocycles. The molecule has 0 aromatic heterocycles. The highest BCUT2D eigenvalue weighted by atomic mass is 32.1. The number of carboxylic acids is 1. The molecule has 0 aromatic rings. The van der Waals surface area contributed by atoms with Crippen LogP contribution in [0.3, 0.4) is 0 Å². The van der Waals surface area contributed by atoms with E-state index >= 15 is 0 Å². The van der Waals surface area contributed by atoms with Crippen LogP contribution in [0.15, 0.2) is 0 Å². The first-order valence-corrected chi connectivity index (χ1v) is 4.85. The third kappa shape index (κ3) is 6.62. The van der Waals surface area contributed by atoms with Gasteiger partial charge in [-0.3, -0.25) is 4.79 Å². The molecular weight excluding hydrogens is 204 g/mol. The fourth-order valence-electron chi connectivity index (χ4n) is 0.908. The van der Waals surface area contributed by atoms with Crippen molar-refractivity contribution in [1.82, 2.24) is 10.6 Å². The minimum atomic E-state index is -0.916. The van der Waals surface area contributed by atoms with E-state index < -0.39 is 5.97 Å². The van der Waals surface area contributed by atoms with Crippen LogP contribution in [0.4, 0.5) is 0 Å². The molecule has 0 bridgehead atoms. The molecule has 0 aliphatic heterocycles. The molecule has 4 N–H and O–H groups in total. The Kier molecular flexibility index (Phi) is 7.04. The Morgan fingerprint density at radius 2 is 2.14 bits per heavy atom. The molecule has 5 nitrogen and oxygen atoms in total. The minimum Gasteiger partial charge on any atom is -0.481 e. The summed E-state index contributed by atoms with van der Waals surface area (Å²) >= 11 is 4.88. The number of aliphatic hydroxyl groups is 1. The average Bonchev–Trinajstić information content (AvgIpc) is 2.12. The summed E-state index contributed by atoms with van der Waals surface area (Å²) in [6.45, 7) is 2.84. The quantitative estimate of drug-likeness (QED) is 0.454. The van der Waals surface area contributed by atoms with Gasteiger partial charge in [0.2, 0.25) is 0 Å². The van der Waals surface area contributed by atoms with Crippen LogP contribution in [0.25, 0.3) is 0 Å². The molecule has 0 aliphatic rings. The molecule has 0 radical (unpaired) electrons. The van der Waals surface area contributed by atoms with Gasteiger partial charge >= 0.3 is 5.97 Å². The molecule has 82 valence electrons. The summed E-state index contributed by atoms with van der Waals surface area (Å²) in [4.78, 5) is 10.4. The molecule has 0 spiro atoms. The lowest BCUT2D eigenvalue weighted by atomic mass is 10.1. The molecule has 14 heavy (non-hydrogen) atoms. The molecule has 1 atom stereocenters. The Morgan fingerprint density at radius 3 is 2.57 bits per heavy atom. The Bertz CT molecular complexity index is 199. The highest BCUT2D eigenvalue weighted by molar-refractivity contribution is 7.80. The van der Waals surface area contributed by atoms with Crippen LogP contribution >= 0.6 is 12.2 Å². The van der Waals surface area contributed by atoms with Gasteiger partial charge < -0.3 is 20.8 Å². The Labute approximate surface area is 88.5 Å². The molecule has 0 fully saturated rings. The molecule has 1 unspecified atom stereocenters. The fraction of sp³-hybridized carbons (Fsp3) is 0.750. The van der Waals surface area contributed by atoms with Crippen LogP contribution in [0.1, 0.15) is 13.3 Å². The Balaban J connectivity index is 3.71. The van der Waals surface area contributed by atoms with Gasteiger partial charge in [-0.2, -0.15) is 0 Å². The standard InChI is InChI=1S/C8H16N2O3S/c1-2-9-8(14)10-4-6(5-11)3-7(12)13/h6,11H,2-5H2,1H3,(H,12,13)(H2,9,10,14). The zero-order valence-electron chi connectivity index (χ0n) is 8.12. The van der Waals surface area contributed by atoms with Crippen molar-refractivity contribution in [2.24, 2.45) is 5.92 Å². The lowest BCUT2D eigenvalue weighted by molar-refractivity contribution is -0.138. The van der Waals surface area contributed by atoms with Crippen molar-refractivity contribution in [3.05, 3.63) is 0 Å². The minimum absolute atomic E-state index is 0.0573. The summed E-state index contributed by atoms with van der Waals surface area (Å²) in [5, 5.41) is 23.5. The SMILES string of the molecule is CCNC(=S)NCC(CO)CC(=O)O. The molecule has 0 saturated carbocycles. The third-order valence-electron chi connectivity index (χ3n) is 1.61. The van der Waals surface area contributed by atoms with Gasteiger partial charge in [0.25, 0.3) is 0 Å². The van der Waals surface area contributed by atoms with Crippen molar-refractivity contribution in [2.45, 2.75) is 13.3 Å². The second-order valence-electron chi connectivity index (χ2n) is 2.89. The van der Waals surface area contributed by atoms with E-state index in [2.05, 4.69) is 10.6 Å². The maximum absolute atomic E-state index is 10.4. The second kappa shape index (κ2) is 7.52. The number of nitrogens with one attached hydrogen (secondary N) is 2. The van der Waals surface area contributed by atoms with Gasteiger partial charge in [-0.1, -0.05) is 0 Å². The number of aliphatic hydroxyl groups excluding tert-OH is 1. The van der Waals surface area contributed by atoms with Gasteiger partial charge in [-0.05, 0) is 19.1 Å². The van der Waals surface area contributed by atoms with Crippen LogP contribution in [0.2, 0.25) is 0 Å². The van der Waals surface area contributed by atoms with Gasteiger partial charge in [0, 0.05) is 25.6 Å². The topological polar surface area (TPSA) is 81.6 Å². The molecule has 6 heteroatoms. The molecule has 0 heterocycles. The van der Waals surface area contributed by atoms with Gasteiger partial charge in [-0.25, -0.2) is 0 Å². The fourth-order valence-corrected chi connectivity index (χ4v) is 1.14. The zero-order chi connectivity index (χ0) is 11.0. The van der Waals surface area contributed by atoms with Gasteiger partial charge in [0.1, 0.15) is 0 Å². The first-order valence-electron chi connectivity index (χ1n) is 4.44. The molecule has 0 rings (SSSR count). The van der Waals surface area contributed by atoms with Crippen LogP contribution < -0.4 is 10.6 Å². The monoisotopic (exact) mass is 220 g/mol. The predicted molar refractivity (Wildman–Crippen MR) is 57.1 cm³/mol. The van der Waals surface area contributed by atoms with Crippen molar-refractivity contribution >= 4 is 23.3 Å². The van der Waals surface area contributed by atoms with Crippen LogP contribution in [0.5, 0.6) is 0 Å². The van der Waals surface area contributed by atoms with Crippen molar-refractivity contribution in [1.29, 1.82) is 0 Å². The number of thiocarbonyl (C=S) groups is 1.